The van der Waals surface area contributed by atoms with E-state index in [4.69, 9.17) is 14.2 Å². The summed E-state index contributed by atoms with van der Waals surface area (Å²) >= 11 is 0. The summed E-state index contributed by atoms with van der Waals surface area (Å²) in [5.41, 5.74) is 2.25. The summed E-state index contributed by atoms with van der Waals surface area (Å²) in [7, 11) is 3.05. The van der Waals surface area contributed by atoms with Gasteiger partial charge in [0, 0.05) is 31.4 Å². The Kier molecular flexibility index (Phi) is 8.88. The summed E-state index contributed by atoms with van der Waals surface area (Å²) in [5.74, 6) is -1.00. The number of pyridine rings is 1. The molecule has 36 heavy (non-hydrogen) atoms. The number of anilines is 1. The van der Waals surface area contributed by atoms with Gasteiger partial charge in [-0.2, -0.15) is 0 Å². The third kappa shape index (κ3) is 6.32. The number of carbonyl (C=O) groups excluding carboxylic acids is 2. The minimum Gasteiger partial charge on any atom is -0.496 e. The van der Waals surface area contributed by atoms with Gasteiger partial charge in [-0.15, -0.1) is 0 Å². The second-order valence-corrected chi connectivity index (χ2v) is 8.14. The minimum atomic E-state index is -0.518. The summed E-state index contributed by atoms with van der Waals surface area (Å²) in [6, 6.07) is 6.17. The fourth-order valence-corrected chi connectivity index (χ4v) is 3.53. The van der Waals surface area contributed by atoms with Crippen LogP contribution in [0.25, 0.3) is 16.8 Å². The first-order valence-electron chi connectivity index (χ1n) is 11.6. The van der Waals surface area contributed by atoms with Crippen molar-refractivity contribution in [3.8, 4) is 16.9 Å². The molecule has 192 valence electrons. The second-order valence-electron chi connectivity index (χ2n) is 8.14. The normalized spacial score (nSPS) is 11.5. The number of benzene rings is 1. The lowest BCUT2D eigenvalue weighted by atomic mass is 10.0. The highest BCUT2D eigenvalue weighted by Crippen LogP contribution is 2.38. The van der Waals surface area contributed by atoms with E-state index in [2.05, 4.69) is 15.6 Å². The van der Waals surface area contributed by atoms with Gasteiger partial charge in [-0.3, -0.25) is 9.59 Å². The van der Waals surface area contributed by atoms with E-state index >= 15 is 4.39 Å². The molecule has 0 spiro atoms. The van der Waals surface area contributed by atoms with Crippen LogP contribution in [0, 0.1) is 5.82 Å². The molecule has 0 saturated carbocycles. The van der Waals surface area contributed by atoms with E-state index in [9.17, 15) is 9.59 Å². The summed E-state index contributed by atoms with van der Waals surface area (Å²) in [6.45, 7) is 5.75. The molecule has 0 atom stereocenters. The highest BCUT2D eigenvalue weighted by Gasteiger charge is 2.20. The number of halogens is 1. The molecule has 1 amide bonds. The molecule has 9 nitrogen and oxygen atoms in total. The number of rotatable bonds is 11. The Labute approximate surface area is 209 Å². The van der Waals surface area contributed by atoms with Gasteiger partial charge in [-0.1, -0.05) is 6.07 Å². The number of ether oxygens (including phenoxy) is 3. The number of esters is 1. The van der Waals surface area contributed by atoms with E-state index in [1.165, 1.54) is 19.4 Å². The van der Waals surface area contributed by atoms with Crippen molar-refractivity contribution in [1.82, 2.24) is 14.7 Å². The van der Waals surface area contributed by atoms with Crippen LogP contribution in [-0.4, -0.2) is 48.1 Å². The standard InChI is InChI=1S/C26H31FN4O5/c1-6-35-24(32)11-10-17-13-31-14-20(30-26(33)21(28-4)15-36-16(2)3)18(12-23(31)29-17)25-19(27)8-7-9-22(25)34-5/h7-9,12-16,28H,6,10-11H2,1-5H3,(H,30,33)/b21-15-. The highest BCUT2D eigenvalue weighted by atomic mass is 19.1. The van der Waals surface area contributed by atoms with Gasteiger partial charge in [0.25, 0.3) is 5.91 Å². The third-order valence-electron chi connectivity index (χ3n) is 5.22. The second kappa shape index (κ2) is 12.1. The number of amides is 1. The number of aromatic nitrogens is 2. The molecule has 2 N–H and O–H groups in total. The highest BCUT2D eigenvalue weighted by molar-refractivity contribution is 6.05. The smallest absolute Gasteiger partial charge is 0.306 e. The number of likely N-dealkylation sites (N-methyl/N-ethyl adjacent to an activating group) is 1. The fraction of sp³-hybridized carbons (Fsp3) is 0.346. The number of hydrogen-bond acceptors (Lipinski definition) is 7. The topological polar surface area (TPSA) is 103 Å². The van der Waals surface area contributed by atoms with Crippen LogP contribution < -0.4 is 15.4 Å². The summed E-state index contributed by atoms with van der Waals surface area (Å²) in [4.78, 5) is 29.4. The fourth-order valence-electron chi connectivity index (χ4n) is 3.53. The lowest BCUT2D eigenvalue weighted by molar-refractivity contribution is -0.143. The summed E-state index contributed by atoms with van der Waals surface area (Å²) < 4.78 is 32.6. The molecule has 0 aliphatic rings. The lowest BCUT2D eigenvalue weighted by Gasteiger charge is -2.16. The van der Waals surface area contributed by atoms with E-state index < -0.39 is 11.7 Å². The number of nitrogens with one attached hydrogen (secondary N) is 2. The van der Waals surface area contributed by atoms with E-state index in [-0.39, 0.29) is 29.8 Å². The minimum absolute atomic E-state index is 0.116. The van der Waals surface area contributed by atoms with Gasteiger partial charge in [-0.05, 0) is 39.0 Å². The maximum absolute atomic E-state index is 15.0. The van der Waals surface area contributed by atoms with Crippen molar-refractivity contribution < 1.29 is 28.2 Å². The van der Waals surface area contributed by atoms with Crippen molar-refractivity contribution in [3.63, 3.8) is 0 Å². The molecular formula is C26H31FN4O5. The van der Waals surface area contributed by atoms with Crippen LogP contribution in [-0.2, 0) is 25.5 Å². The SMILES string of the molecule is CCOC(=O)CCc1cn2cc(NC(=O)/C(=C/OC(C)C)NC)c(-c3c(F)cccc3OC)cc2n1. The monoisotopic (exact) mass is 498 g/mol. The number of hydrogen-bond donors (Lipinski definition) is 2. The first-order valence-corrected chi connectivity index (χ1v) is 11.6. The van der Waals surface area contributed by atoms with Crippen molar-refractivity contribution >= 4 is 23.2 Å². The number of imidazole rings is 1. The van der Waals surface area contributed by atoms with Crippen LogP contribution in [0.4, 0.5) is 10.1 Å². The molecule has 0 aliphatic heterocycles. The van der Waals surface area contributed by atoms with Crippen molar-refractivity contribution in [2.24, 2.45) is 0 Å². The van der Waals surface area contributed by atoms with Crippen LogP contribution in [0.2, 0.25) is 0 Å². The van der Waals surface area contributed by atoms with Crippen molar-refractivity contribution in [1.29, 1.82) is 0 Å². The maximum Gasteiger partial charge on any atom is 0.306 e. The van der Waals surface area contributed by atoms with Gasteiger partial charge < -0.3 is 29.2 Å². The molecule has 0 unspecified atom stereocenters. The van der Waals surface area contributed by atoms with E-state index in [1.807, 2.05) is 13.8 Å². The zero-order valence-electron chi connectivity index (χ0n) is 21.1. The Morgan fingerprint density at radius 3 is 2.69 bits per heavy atom. The molecule has 2 aromatic heterocycles. The molecule has 1 aromatic carbocycles. The first kappa shape index (κ1) is 26.5. The molecule has 0 fully saturated rings. The van der Waals surface area contributed by atoms with Crippen molar-refractivity contribution in [2.75, 3.05) is 26.1 Å². The average Bonchev–Trinajstić information content (AvgIpc) is 3.24. The first-order chi connectivity index (χ1) is 17.3. The van der Waals surface area contributed by atoms with Crippen molar-refractivity contribution in [3.05, 3.63) is 60.1 Å². The van der Waals surface area contributed by atoms with E-state index in [1.54, 1.807) is 49.0 Å². The van der Waals surface area contributed by atoms with Gasteiger partial charge >= 0.3 is 5.97 Å². The van der Waals surface area contributed by atoms with E-state index in [0.29, 0.717) is 41.4 Å². The summed E-state index contributed by atoms with van der Waals surface area (Å²) in [5, 5.41) is 5.65. The number of methoxy groups -OCH3 is 1. The van der Waals surface area contributed by atoms with Crippen LogP contribution in [0.15, 0.2) is 48.6 Å². The molecule has 0 bridgehead atoms. The quantitative estimate of drug-likeness (QED) is 0.233. The van der Waals surface area contributed by atoms with Crippen LogP contribution >= 0.6 is 0 Å². The zero-order valence-corrected chi connectivity index (χ0v) is 21.1. The number of aryl methyl sites for hydroxylation is 1. The zero-order chi connectivity index (χ0) is 26.2. The van der Waals surface area contributed by atoms with Crippen LogP contribution in [0.5, 0.6) is 5.75 Å². The molecule has 3 rings (SSSR count). The van der Waals surface area contributed by atoms with Crippen LogP contribution in [0.3, 0.4) is 0 Å². The molecule has 10 heteroatoms. The Morgan fingerprint density at radius 1 is 1.25 bits per heavy atom. The Hall–Kier alpha value is -4.08. The summed E-state index contributed by atoms with van der Waals surface area (Å²) in [6.07, 6.45) is 5.18. The Bertz CT molecular complexity index is 1270. The third-order valence-corrected chi connectivity index (χ3v) is 5.22. The van der Waals surface area contributed by atoms with Gasteiger partial charge in [0.05, 0.1) is 43.2 Å². The molecule has 2 heterocycles. The number of carbonyl (C=O) groups is 2. The predicted octanol–water partition coefficient (Wildman–Crippen LogP) is 4.07. The van der Waals surface area contributed by atoms with Crippen LogP contribution in [0.1, 0.15) is 32.9 Å². The largest absolute Gasteiger partial charge is 0.496 e. The molecule has 0 aliphatic carbocycles. The van der Waals surface area contributed by atoms with Gasteiger partial charge in [0.15, 0.2) is 0 Å². The van der Waals surface area contributed by atoms with Gasteiger partial charge in [0.1, 0.15) is 29.2 Å². The number of nitrogens with zero attached hydrogens (tertiary/aromatic N) is 2. The van der Waals surface area contributed by atoms with Crippen molar-refractivity contribution in [2.45, 2.75) is 39.7 Å². The number of fused-ring (bicyclic) bond motifs is 1. The molecule has 0 radical (unpaired) electrons. The molecule has 3 aromatic rings. The lowest BCUT2D eigenvalue weighted by Crippen LogP contribution is -2.24. The predicted molar refractivity (Wildman–Crippen MR) is 134 cm³/mol. The molecular weight excluding hydrogens is 467 g/mol. The Morgan fingerprint density at radius 2 is 2.03 bits per heavy atom. The van der Waals surface area contributed by atoms with Gasteiger partial charge in [-0.25, -0.2) is 9.37 Å². The average molecular weight is 499 g/mol. The maximum atomic E-state index is 15.0. The van der Waals surface area contributed by atoms with Gasteiger partial charge in [0.2, 0.25) is 0 Å². The van der Waals surface area contributed by atoms with E-state index in [0.717, 1.165) is 0 Å². The molecule has 0 saturated heterocycles. The Balaban J connectivity index is 2.07.